The van der Waals surface area contributed by atoms with Crippen molar-refractivity contribution in [2.24, 2.45) is 7.05 Å². The number of nitrogens with zero attached hydrogens (tertiary/aromatic N) is 2. The first kappa shape index (κ1) is 19.5. The third-order valence-electron chi connectivity index (χ3n) is 4.18. The van der Waals surface area contributed by atoms with E-state index < -0.39 is 18.0 Å². The average molecular weight is 359 g/mol. The normalized spacial score (nSPS) is 11.8. The van der Waals surface area contributed by atoms with Gasteiger partial charge < -0.3 is 14.8 Å². The summed E-state index contributed by atoms with van der Waals surface area (Å²) in [5, 5.41) is 6.99. The average Bonchev–Trinajstić information content (AvgIpc) is 2.80. The summed E-state index contributed by atoms with van der Waals surface area (Å²) in [6.07, 6.45) is -0.942. The van der Waals surface area contributed by atoms with Crippen molar-refractivity contribution in [1.82, 2.24) is 9.78 Å². The molecule has 140 valence electrons. The minimum atomic E-state index is -0.942. The Morgan fingerprint density at radius 1 is 1.19 bits per heavy atom. The maximum Gasteiger partial charge on any atom is 0.344 e. The molecule has 0 unspecified atom stereocenters. The quantitative estimate of drug-likeness (QED) is 0.802. The number of carbonyl (C=O) groups is 2. The molecular formula is C19H25N3O4. The number of rotatable bonds is 6. The van der Waals surface area contributed by atoms with Gasteiger partial charge in [-0.05, 0) is 45.7 Å². The maximum absolute atomic E-state index is 12.3. The van der Waals surface area contributed by atoms with Gasteiger partial charge in [0, 0.05) is 7.05 Å². The first-order chi connectivity index (χ1) is 12.2. The largest absolute Gasteiger partial charge is 0.481 e. The van der Waals surface area contributed by atoms with Crippen LogP contribution in [0.3, 0.4) is 0 Å². The minimum Gasteiger partial charge on any atom is -0.481 e. The van der Waals surface area contributed by atoms with E-state index in [1.54, 1.807) is 18.7 Å². The van der Waals surface area contributed by atoms with Crippen molar-refractivity contribution < 1.29 is 19.1 Å². The smallest absolute Gasteiger partial charge is 0.344 e. The molecule has 7 nitrogen and oxygen atoms in total. The molecule has 1 amide bonds. The molecule has 2 rings (SSSR count). The molecule has 0 spiro atoms. The van der Waals surface area contributed by atoms with Gasteiger partial charge in [0.1, 0.15) is 5.75 Å². The van der Waals surface area contributed by atoms with Gasteiger partial charge >= 0.3 is 5.97 Å². The molecule has 0 aliphatic carbocycles. The number of esters is 1. The van der Waals surface area contributed by atoms with Gasteiger partial charge in [-0.25, -0.2) is 4.79 Å². The Labute approximate surface area is 153 Å². The van der Waals surface area contributed by atoms with E-state index >= 15 is 0 Å². The van der Waals surface area contributed by atoms with E-state index in [2.05, 4.69) is 10.4 Å². The van der Waals surface area contributed by atoms with Crippen LogP contribution in [0.2, 0.25) is 0 Å². The van der Waals surface area contributed by atoms with Crippen LogP contribution in [0, 0.1) is 27.7 Å². The second kappa shape index (κ2) is 8.03. The van der Waals surface area contributed by atoms with Crippen molar-refractivity contribution in [3.63, 3.8) is 0 Å². The zero-order valence-corrected chi connectivity index (χ0v) is 16.0. The van der Waals surface area contributed by atoms with Crippen molar-refractivity contribution in [1.29, 1.82) is 0 Å². The lowest BCUT2D eigenvalue weighted by Crippen LogP contribution is -2.32. The Morgan fingerprint density at radius 2 is 1.81 bits per heavy atom. The molecule has 0 aliphatic heterocycles. The summed E-state index contributed by atoms with van der Waals surface area (Å²) in [6, 6.07) is 5.73. The third kappa shape index (κ3) is 4.41. The lowest BCUT2D eigenvalue weighted by atomic mass is 10.1. The lowest BCUT2D eigenvalue weighted by Gasteiger charge is -2.15. The van der Waals surface area contributed by atoms with Crippen LogP contribution in [0.4, 0.5) is 5.69 Å². The summed E-state index contributed by atoms with van der Waals surface area (Å²) in [6.45, 7) is 8.73. The Bertz CT molecular complexity index is 806. The molecule has 0 saturated carbocycles. The van der Waals surface area contributed by atoms with Crippen molar-refractivity contribution in [2.45, 2.75) is 40.7 Å². The van der Waals surface area contributed by atoms with Gasteiger partial charge in [0.15, 0.2) is 12.7 Å². The standard InChI is InChI=1S/C19H25N3O4/c1-11-8-7-9-12(2)18(11)25-10-16(23)26-15(5)19(24)20-17-13(3)21-22(6)14(17)4/h7-9,15H,10H2,1-6H3,(H,20,24)/t15-/m1/s1. The van der Waals surface area contributed by atoms with E-state index in [-0.39, 0.29) is 6.61 Å². The monoisotopic (exact) mass is 359 g/mol. The highest BCUT2D eigenvalue weighted by Crippen LogP contribution is 2.22. The summed E-state index contributed by atoms with van der Waals surface area (Å²) in [7, 11) is 1.80. The van der Waals surface area contributed by atoms with Crippen LogP contribution < -0.4 is 10.1 Å². The molecule has 0 saturated heterocycles. The van der Waals surface area contributed by atoms with Crippen molar-refractivity contribution in [2.75, 3.05) is 11.9 Å². The van der Waals surface area contributed by atoms with Gasteiger partial charge in [0.2, 0.25) is 0 Å². The zero-order chi connectivity index (χ0) is 19.4. The summed E-state index contributed by atoms with van der Waals surface area (Å²) in [4.78, 5) is 24.3. The third-order valence-corrected chi connectivity index (χ3v) is 4.18. The van der Waals surface area contributed by atoms with E-state index in [1.165, 1.54) is 6.92 Å². The molecule has 1 aromatic carbocycles. The fourth-order valence-corrected chi connectivity index (χ4v) is 2.62. The highest BCUT2D eigenvalue weighted by molar-refractivity contribution is 5.96. The van der Waals surface area contributed by atoms with Crippen molar-refractivity contribution >= 4 is 17.6 Å². The van der Waals surface area contributed by atoms with Gasteiger partial charge in [-0.15, -0.1) is 0 Å². The van der Waals surface area contributed by atoms with Crippen molar-refractivity contribution in [3.05, 3.63) is 40.7 Å². The Hall–Kier alpha value is -2.83. The molecule has 0 radical (unpaired) electrons. The molecule has 1 atom stereocenters. The van der Waals surface area contributed by atoms with Crippen LogP contribution in [-0.2, 0) is 21.4 Å². The molecule has 1 N–H and O–H groups in total. The maximum atomic E-state index is 12.3. The number of nitrogens with one attached hydrogen (secondary N) is 1. The van der Waals surface area contributed by atoms with E-state index in [9.17, 15) is 9.59 Å². The highest BCUT2D eigenvalue weighted by Gasteiger charge is 2.21. The number of hydrogen-bond acceptors (Lipinski definition) is 5. The predicted octanol–water partition coefficient (Wildman–Crippen LogP) is 2.60. The van der Waals surface area contributed by atoms with E-state index in [0.717, 1.165) is 16.8 Å². The molecule has 0 bridgehead atoms. The summed E-state index contributed by atoms with van der Waals surface area (Å²) < 4.78 is 12.4. The first-order valence-electron chi connectivity index (χ1n) is 8.40. The predicted molar refractivity (Wildman–Crippen MR) is 98.3 cm³/mol. The zero-order valence-electron chi connectivity index (χ0n) is 16.0. The van der Waals surface area contributed by atoms with Gasteiger partial charge in [0.05, 0.1) is 17.1 Å². The molecule has 26 heavy (non-hydrogen) atoms. The Morgan fingerprint density at radius 3 is 2.35 bits per heavy atom. The number of benzene rings is 1. The number of hydrogen-bond donors (Lipinski definition) is 1. The lowest BCUT2D eigenvalue weighted by molar-refractivity contribution is -0.155. The second-order valence-corrected chi connectivity index (χ2v) is 6.30. The van der Waals surface area contributed by atoms with Crippen LogP contribution in [0.15, 0.2) is 18.2 Å². The van der Waals surface area contributed by atoms with Crippen LogP contribution in [-0.4, -0.2) is 34.4 Å². The van der Waals surface area contributed by atoms with Gasteiger partial charge in [-0.2, -0.15) is 5.10 Å². The second-order valence-electron chi connectivity index (χ2n) is 6.30. The topological polar surface area (TPSA) is 82.4 Å². The number of para-hydroxylation sites is 1. The summed E-state index contributed by atoms with van der Waals surface area (Å²) in [5.41, 5.74) is 4.03. The number of aromatic nitrogens is 2. The molecule has 0 aliphatic rings. The van der Waals surface area contributed by atoms with E-state index in [1.807, 2.05) is 39.0 Å². The van der Waals surface area contributed by atoms with E-state index in [4.69, 9.17) is 9.47 Å². The minimum absolute atomic E-state index is 0.256. The van der Waals surface area contributed by atoms with Crippen LogP contribution in [0.5, 0.6) is 5.75 Å². The number of carbonyl (C=O) groups excluding carboxylic acids is 2. The summed E-state index contributed by atoms with van der Waals surface area (Å²) in [5.74, 6) is -0.359. The summed E-state index contributed by atoms with van der Waals surface area (Å²) >= 11 is 0. The molecular weight excluding hydrogens is 334 g/mol. The van der Waals surface area contributed by atoms with E-state index in [0.29, 0.717) is 17.1 Å². The van der Waals surface area contributed by atoms with Gasteiger partial charge in [0.25, 0.3) is 5.91 Å². The number of amides is 1. The Kier molecular flexibility index (Phi) is 6.02. The fourth-order valence-electron chi connectivity index (χ4n) is 2.62. The Balaban J connectivity index is 1.91. The van der Waals surface area contributed by atoms with Crippen LogP contribution in [0.1, 0.15) is 29.4 Å². The van der Waals surface area contributed by atoms with Crippen LogP contribution >= 0.6 is 0 Å². The molecule has 7 heteroatoms. The van der Waals surface area contributed by atoms with Crippen LogP contribution in [0.25, 0.3) is 0 Å². The van der Waals surface area contributed by atoms with Gasteiger partial charge in [-0.1, -0.05) is 18.2 Å². The highest BCUT2D eigenvalue weighted by atomic mass is 16.6. The number of ether oxygens (including phenoxy) is 2. The number of anilines is 1. The number of aryl methyl sites for hydroxylation is 4. The fraction of sp³-hybridized carbons (Fsp3) is 0.421. The molecule has 1 aromatic heterocycles. The molecule has 2 aromatic rings. The SMILES string of the molecule is Cc1cccc(C)c1OCC(=O)O[C@H](C)C(=O)Nc1c(C)nn(C)c1C. The van der Waals surface area contributed by atoms with Gasteiger partial charge in [-0.3, -0.25) is 9.48 Å². The van der Waals surface area contributed by atoms with Crippen molar-refractivity contribution in [3.8, 4) is 5.75 Å². The molecule has 0 fully saturated rings. The first-order valence-corrected chi connectivity index (χ1v) is 8.40. The molecule has 1 heterocycles.